The number of amides is 2. The third kappa shape index (κ3) is 7.04. The Morgan fingerprint density at radius 1 is 1.04 bits per heavy atom. The molecule has 4 N–H and O–H groups in total. The number of hydrogen-bond acceptors (Lipinski definition) is 6. The molecule has 1 aromatic heterocycles. The number of carbonyl (C=O) groups excluding carboxylic acids is 2. The zero-order valence-electron chi connectivity index (χ0n) is 15.1. The van der Waals surface area contributed by atoms with Gasteiger partial charge >= 0.3 is 0 Å². The van der Waals surface area contributed by atoms with Crippen molar-refractivity contribution in [2.45, 2.75) is 42.4 Å². The van der Waals surface area contributed by atoms with Crippen LogP contribution in [0.1, 0.15) is 32.1 Å². The number of unbranched alkanes of at least 4 members (excludes halogenated alkanes) is 2. The van der Waals surface area contributed by atoms with Gasteiger partial charge in [-0.25, -0.2) is 13.9 Å². The molecule has 1 aromatic carbocycles. The fourth-order valence-corrected chi connectivity index (χ4v) is 4.76. The lowest BCUT2D eigenvalue weighted by atomic mass is 10.1. The van der Waals surface area contributed by atoms with Crippen LogP contribution in [0.4, 0.5) is 5.69 Å². The molecule has 0 spiro atoms. The van der Waals surface area contributed by atoms with Gasteiger partial charge in [0.1, 0.15) is 10.3 Å². The summed E-state index contributed by atoms with van der Waals surface area (Å²) in [6.45, 7) is 0. The molecule has 2 aromatic rings. The molecule has 0 saturated heterocycles. The first-order valence-corrected chi connectivity index (χ1v) is 11.1. The van der Waals surface area contributed by atoms with Gasteiger partial charge in [-0.05, 0) is 36.4 Å². The molecule has 0 fully saturated rings. The summed E-state index contributed by atoms with van der Waals surface area (Å²) >= 11 is 1.07. The number of rotatable bonds is 11. The molecule has 0 radical (unpaired) electrons. The van der Waals surface area contributed by atoms with E-state index in [4.69, 9.17) is 5.21 Å². The van der Waals surface area contributed by atoms with Crippen molar-refractivity contribution in [2.75, 3.05) is 5.32 Å². The Hall–Kier alpha value is -2.27. The summed E-state index contributed by atoms with van der Waals surface area (Å²) in [5, 5.41) is 12.9. The number of hydroxylamine groups is 1. The van der Waals surface area contributed by atoms with E-state index in [1.807, 2.05) is 6.07 Å². The second-order valence-electron chi connectivity index (χ2n) is 6.10. The Bertz CT molecular complexity index is 855. The van der Waals surface area contributed by atoms with Crippen LogP contribution in [-0.4, -0.2) is 31.5 Å². The Labute approximate surface area is 168 Å². The second kappa shape index (κ2) is 10.9. The molecule has 0 bridgehead atoms. The van der Waals surface area contributed by atoms with Gasteiger partial charge in [-0.3, -0.25) is 14.8 Å². The minimum atomic E-state index is -3.80. The Kier molecular flexibility index (Phi) is 8.58. The van der Waals surface area contributed by atoms with Crippen LogP contribution in [0.5, 0.6) is 0 Å². The molecule has 1 atom stereocenters. The van der Waals surface area contributed by atoms with Gasteiger partial charge in [0.15, 0.2) is 0 Å². The van der Waals surface area contributed by atoms with E-state index in [0.717, 1.165) is 11.3 Å². The van der Waals surface area contributed by atoms with Gasteiger partial charge in [0.25, 0.3) is 10.0 Å². The summed E-state index contributed by atoms with van der Waals surface area (Å²) < 4.78 is 27.7. The number of carbonyl (C=O) groups is 2. The molecule has 0 saturated carbocycles. The quantitative estimate of drug-likeness (QED) is 0.250. The lowest BCUT2D eigenvalue weighted by molar-refractivity contribution is -0.129. The van der Waals surface area contributed by atoms with Crippen molar-refractivity contribution in [1.82, 2.24) is 10.2 Å². The van der Waals surface area contributed by atoms with Crippen LogP contribution in [0, 0.1) is 0 Å². The van der Waals surface area contributed by atoms with E-state index in [1.165, 1.54) is 6.07 Å². The Morgan fingerprint density at radius 2 is 1.79 bits per heavy atom. The number of anilines is 1. The van der Waals surface area contributed by atoms with Crippen molar-refractivity contribution < 1.29 is 23.2 Å². The van der Waals surface area contributed by atoms with E-state index < -0.39 is 27.9 Å². The fourth-order valence-electron chi connectivity index (χ4n) is 2.52. The van der Waals surface area contributed by atoms with Crippen molar-refractivity contribution >= 4 is 38.9 Å². The average molecular weight is 426 g/mol. The van der Waals surface area contributed by atoms with Crippen LogP contribution in [0.25, 0.3) is 0 Å². The molecule has 0 aliphatic heterocycles. The van der Waals surface area contributed by atoms with Crippen molar-refractivity contribution in [1.29, 1.82) is 0 Å². The lowest BCUT2D eigenvalue weighted by Crippen LogP contribution is -2.43. The number of thiophene rings is 1. The molecule has 8 nitrogen and oxygen atoms in total. The SMILES string of the molecule is O=C(CCCCC[C@H](NS(=O)(=O)c1cccs1)C(=O)Nc1ccccc1)NO. The molecular formula is C18H23N3O5S2. The highest BCUT2D eigenvalue weighted by molar-refractivity contribution is 7.91. The number of sulfonamides is 1. The summed E-state index contributed by atoms with van der Waals surface area (Å²) in [6.07, 6.45) is 2.13. The van der Waals surface area contributed by atoms with Crippen LogP contribution < -0.4 is 15.5 Å². The van der Waals surface area contributed by atoms with Crippen molar-refractivity contribution in [3.63, 3.8) is 0 Å². The van der Waals surface area contributed by atoms with Crippen LogP contribution in [0.15, 0.2) is 52.1 Å². The van der Waals surface area contributed by atoms with Crippen molar-refractivity contribution in [2.24, 2.45) is 0 Å². The number of nitrogens with one attached hydrogen (secondary N) is 3. The van der Waals surface area contributed by atoms with E-state index >= 15 is 0 Å². The van der Waals surface area contributed by atoms with Gasteiger partial charge in [0, 0.05) is 12.1 Å². The molecule has 1 heterocycles. The standard InChI is InChI=1S/C18H23N3O5S2/c22-16(20-24)11-6-2-5-10-15(18(23)19-14-8-3-1-4-9-14)21-28(25,26)17-12-7-13-27-17/h1,3-4,7-9,12-13,15,21,24H,2,5-6,10-11H2,(H,19,23)(H,20,22)/t15-/m0/s1. The first-order chi connectivity index (χ1) is 13.4. The van der Waals surface area contributed by atoms with Gasteiger partial charge in [0.05, 0.1) is 0 Å². The maximum absolute atomic E-state index is 12.6. The van der Waals surface area contributed by atoms with Gasteiger partial charge in [0.2, 0.25) is 11.8 Å². The predicted octanol–water partition coefficient (Wildman–Crippen LogP) is 2.49. The molecule has 0 unspecified atom stereocenters. The lowest BCUT2D eigenvalue weighted by Gasteiger charge is -2.18. The smallest absolute Gasteiger partial charge is 0.250 e. The highest BCUT2D eigenvalue weighted by Crippen LogP contribution is 2.18. The first kappa shape index (κ1) is 22.0. The topological polar surface area (TPSA) is 125 Å². The van der Waals surface area contributed by atoms with Crippen LogP contribution in [-0.2, 0) is 19.6 Å². The molecule has 2 rings (SSSR count). The molecule has 10 heteroatoms. The molecule has 0 aliphatic carbocycles. The summed E-state index contributed by atoms with van der Waals surface area (Å²) in [6, 6.07) is 11.0. The number of para-hydroxylation sites is 1. The van der Waals surface area contributed by atoms with Crippen molar-refractivity contribution in [3.05, 3.63) is 47.8 Å². The molecular weight excluding hydrogens is 402 g/mol. The minimum Gasteiger partial charge on any atom is -0.325 e. The molecule has 152 valence electrons. The minimum absolute atomic E-state index is 0.143. The largest absolute Gasteiger partial charge is 0.325 e. The highest BCUT2D eigenvalue weighted by Gasteiger charge is 2.26. The normalized spacial score (nSPS) is 12.3. The van der Waals surface area contributed by atoms with Gasteiger partial charge in [-0.1, -0.05) is 37.1 Å². The molecule has 2 amide bonds. The molecule has 28 heavy (non-hydrogen) atoms. The van der Waals surface area contributed by atoms with E-state index in [-0.39, 0.29) is 17.1 Å². The maximum Gasteiger partial charge on any atom is 0.250 e. The van der Waals surface area contributed by atoms with Gasteiger partial charge < -0.3 is 5.32 Å². The fraction of sp³-hybridized carbons (Fsp3) is 0.333. The average Bonchev–Trinajstić information content (AvgIpc) is 3.23. The second-order valence-corrected chi connectivity index (χ2v) is 8.98. The van der Waals surface area contributed by atoms with Gasteiger partial charge in [-0.2, -0.15) is 4.72 Å². The summed E-state index contributed by atoms with van der Waals surface area (Å²) in [5.74, 6) is -0.920. The summed E-state index contributed by atoms with van der Waals surface area (Å²) in [5.41, 5.74) is 2.14. The van der Waals surface area contributed by atoms with Crippen molar-refractivity contribution in [3.8, 4) is 0 Å². The zero-order valence-corrected chi connectivity index (χ0v) is 16.8. The predicted molar refractivity (Wildman–Crippen MR) is 107 cm³/mol. The Balaban J connectivity index is 2.00. The van der Waals surface area contributed by atoms with Crippen LogP contribution in [0.3, 0.4) is 0 Å². The Morgan fingerprint density at radius 3 is 2.43 bits per heavy atom. The molecule has 0 aliphatic rings. The highest BCUT2D eigenvalue weighted by atomic mass is 32.2. The third-order valence-electron chi connectivity index (χ3n) is 3.94. The van der Waals surface area contributed by atoms with E-state index in [2.05, 4.69) is 10.0 Å². The monoisotopic (exact) mass is 425 g/mol. The summed E-state index contributed by atoms with van der Waals surface area (Å²) in [4.78, 5) is 23.7. The maximum atomic E-state index is 12.6. The van der Waals surface area contributed by atoms with E-state index in [0.29, 0.717) is 24.9 Å². The number of benzene rings is 1. The van der Waals surface area contributed by atoms with Gasteiger partial charge in [-0.15, -0.1) is 11.3 Å². The van der Waals surface area contributed by atoms with E-state index in [1.54, 1.807) is 41.2 Å². The first-order valence-electron chi connectivity index (χ1n) is 8.77. The van der Waals surface area contributed by atoms with Crippen LogP contribution >= 0.6 is 11.3 Å². The number of hydrogen-bond donors (Lipinski definition) is 4. The van der Waals surface area contributed by atoms with E-state index in [9.17, 15) is 18.0 Å². The zero-order chi connectivity index (χ0) is 20.4. The summed E-state index contributed by atoms with van der Waals surface area (Å²) in [7, 11) is -3.80. The van der Waals surface area contributed by atoms with Crippen LogP contribution in [0.2, 0.25) is 0 Å². The third-order valence-corrected chi connectivity index (χ3v) is 6.81.